The van der Waals surface area contributed by atoms with Gasteiger partial charge in [-0.1, -0.05) is 18.2 Å². The Hall–Kier alpha value is -3.21. The van der Waals surface area contributed by atoms with Gasteiger partial charge in [0.2, 0.25) is 0 Å². The van der Waals surface area contributed by atoms with Crippen molar-refractivity contribution in [1.29, 1.82) is 0 Å². The number of nitrogens with one attached hydrogen (secondary N) is 1. The standard InChI is InChI=1S/C19H16N2O3/c22-18(23)10-5-13-3-7-16(8-4-13)21-19(24)15-6-9-17-14(12-15)2-1-11-20-17/h1-4,6-9,11-12H,5,10H2,(H,21,24)(H,22,23). The Morgan fingerprint density at radius 2 is 1.83 bits per heavy atom. The number of hydrogen-bond donors (Lipinski definition) is 2. The Kier molecular flexibility index (Phi) is 4.52. The largest absolute Gasteiger partial charge is 0.481 e. The second-order valence-electron chi connectivity index (χ2n) is 5.46. The van der Waals surface area contributed by atoms with Gasteiger partial charge < -0.3 is 10.4 Å². The molecule has 2 aromatic carbocycles. The molecule has 0 fully saturated rings. The highest BCUT2D eigenvalue weighted by atomic mass is 16.4. The number of aliphatic carboxylic acids is 1. The lowest BCUT2D eigenvalue weighted by Crippen LogP contribution is -2.11. The van der Waals surface area contributed by atoms with Crippen LogP contribution in [0.2, 0.25) is 0 Å². The third kappa shape index (κ3) is 3.76. The van der Waals surface area contributed by atoms with Crippen LogP contribution < -0.4 is 5.32 Å². The van der Waals surface area contributed by atoms with Crippen molar-refractivity contribution >= 4 is 28.5 Å². The Balaban J connectivity index is 1.70. The maximum absolute atomic E-state index is 12.3. The van der Waals surface area contributed by atoms with Gasteiger partial charge in [0.15, 0.2) is 0 Å². The molecule has 3 aromatic rings. The molecule has 1 aromatic heterocycles. The number of amides is 1. The van der Waals surface area contributed by atoms with Crippen LogP contribution in [0.25, 0.3) is 10.9 Å². The molecule has 24 heavy (non-hydrogen) atoms. The molecule has 0 aliphatic heterocycles. The molecule has 1 heterocycles. The highest BCUT2D eigenvalue weighted by Gasteiger charge is 2.07. The van der Waals surface area contributed by atoms with Crippen molar-refractivity contribution in [3.8, 4) is 0 Å². The Morgan fingerprint density at radius 3 is 2.58 bits per heavy atom. The third-order valence-electron chi connectivity index (χ3n) is 3.70. The normalized spacial score (nSPS) is 10.5. The Labute approximate surface area is 139 Å². The van der Waals surface area contributed by atoms with Crippen LogP contribution in [-0.2, 0) is 11.2 Å². The highest BCUT2D eigenvalue weighted by molar-refractivity contribution is 6.06. The summed E-state index contributed by atoms with van der Waals surface area (Å²) in [5.74, 6) is -1.02. The van der Waals surface area contributed by atoms with Crippen LogP contribution in [0.5, 0.6) is 0 Å². The van der Waals surface area contributed by atoms with Gasteiger partial charge in [0.25, 0.3) is 5.91 Å². The number of hydrogen-bond acceptors (Lipinski definition) is 3. The molecule has 120 valence electrons. The number of rotatable bonds is 5. The fourth-order valence-electron chi connectivity index (χ4n) is 2.43. The number of carbonyl (C=O) groups excluding carboxylic acids is 1. The number of carboxylic acids is 1. The summed E-state index contributed by atoms with van der Waals surface area (Å²) in [6.07, 6.45) is 2.28. The van der Waals surface area contributed by atoms with E-state index in [-0.39, 0.29) is 12.3 Å². The molecule has 0 aliphatic rings. The molecule has 5 heteroatoms. The first kappa shape index (κ1) is 15.7. The minimum absolute atomic E-state index is 0.0941. The SMILES string of the molecule is O=C(O)CCc1ccc(NC(=O)c2ccc3ncccc3c2)cc1. The zero-order chi connectivity index (χ0) is 16.9. The molecule has 0 aliphatic carbocycles. The van der Waals surface area contributed by atoms with Gasteiger partial charge in [-0.2, -0.15) is 0 Å². The third-order valence-corrected chi connectivity index (χ3v) is 3.70. The molecular weight excluding hydrogens is 304 g/mol. The topological polar surface area (TPSA) is 79.3 Å². The molecular formula is C19H16N2O3. The van der Waals surface area contributed by atoms with E-state index in [1.165, 1.54) is 0 Å². The maximum atomic E-state index is 12.3. The number of fused-ring (bicyclic) bond motifs is 1. The van der Waals surface area contributed by atoms with Crippen LogP contribution in [0.15, 0.2) is 60.8 Å². The number of carboxylic acid groups (broad SMARTS) is 1. The van der Waals surface area contributed by atoms with Crippen molar-refractivity contribution in [3.05, 3.63) is 71.9 Å². The molecule has 0 radical (unpaired) electrons. The van der Waals surface area contributed by atoms with E-state index in [0.717, 1.165) is 16.5 Å². The molecule has 0 spiro atoms. The maximum Gasteiger partial charge on any atom is 0.303 e. The number of aryl methyl sites for hydroxylation is 1. The van der Waals surface area contributed by atoms with Crippen LogP contribution in [-0.4, -0.2) is 22.0 Å². The average Bonchev–Trinajstić information content (AvgIpc) is 2.60. The fraction of sp³-hybridized carbons (Fsp3) is 0.105. The van der Waals surface area contributed by atoms with Crippen LogP contribution in [0, 0.1) is 0 Å². The average molecular weight is 320 g/mol. The van der Waals surface area contributed by atoms with Crippen molar-refractivity contribution in [2.75, 3.05) is 5.32 Å². The lowest BCUT2D eigenvalue weighted by molar-refractivity contribution is -0.136. The van der Waals surface area contributed by atoms with Gasteiger partial charge in [-0.25, -0.2) is 0 Å². The Bertz CT molecular complexity index is 889. The summed E-state index contributed by atoms with van der Waals surface area (Å²) in [6, 6.07) is 16.3. The van der Waals surface area contributed by atoms with Gasteiger partial charge in [0.1, 0.15) is 0 Å². The summed E-state index contributed by atoms with van der Waals surface area (Å²) in [5.41, 5.74) is 3.00. The van der Waals surface area contributed by atoms with E-state index in [0.29, 0.717) is 17.7 Å². The van der Waals surface area contributed by atoms with Crippen LogP contribution in [0.4, 0.5) is 5.69 Å². The van der Waals surface area contributed by atoms with E-state index in [1.807, 2.05) is 30.3 Å². The lowest BCUT2D eigenvalue weighted by Gasteiger charge is -2.07. The molecule has 0 saturated carbocycles. The highest BCUT2D eigenvalue weighted by Crippen LogP contribution is 2.16. The van der Waals surface area contributed by atoms with Gasteiger partial charge in [0.05, 0.1) is 5.52 Å². The number of anilines is 1. The summed E-state index contributed by atoms with van der Waals surface area (Å²) in [7, 11) is 0. The summed E-state index contributed by atoms with van der Waals surface area (Å²) in [4.78, 5) is 27.2. The minimum Gasteiger partial charge on any atom is -0.481 e. The van der Waals surface area contributed by atoms with Crippen LogP contribution >= 0.6 is 0 Å². The van der Waals surface area contributed by atoms with E-state index < -0.39 is 5.97 Å². The smallest absolute Gasteiger partial charge is 0.303 e. The lowest BCUT2D eigenvalue weighted by atomic mass is 10.1. The van der Waals surface area contributed by atoms with Gasteiger partial charge >= 0.3 is 5.97 Å². The zero-order valence-electron chi connectivity index (χ0n) is 12.9. The summed E-state index contributed by atoms with van der Waals surface area (Å²) in [5, 5.41) is 12.4. The molecule has 0 saturated heterocycles. The molecule has 1 amide bonds. The predicted molar refractivity (Wildman–Crippen MR) is 92.1 cm³/mol. The molecule has 3 rings (SSSR count). The zero-order valence-corrected chi connectivity index (χ0v) is 12.9. The molecule has 2 N–H and O–H groups in total. The monoisotopic (exact) mass is 320 g/mol. The second kappa shape index (κ2) is 6.91. The first-order valence-electron chi connectivity index (χ1n) is 7.59. The summed E-state index contributed by atoms with van der Waals surface area (Å²) >= 11 is 0. The first-order valence-corrected chi connectivity index (χ1v) is 7.59. The van der Waals surface area contributed by atoms with E-state index in [2.05, 4.69) is 10.3 Å². The summed E-state index contributed by atoms with van der Waals surface area (Å²) < 4.78 is 0. The van der Waals surface area contributed by atoms with Gasteiger partial charge in [-0.05, 0) is 48.4 Å². The number of nitrogens with zero attached hydrogens (tertiary/aromatic N) is 1. The quantitative estimate of drug-likeness (QED) is 0.754. The van der Waals surface area contributed by atoms with Gasteiger partial charge in [0, 0.05) is 29.3 Å². The van der Waals surface area contributed by atoms with E-state index in [9.17, 15) is 9.59 Å². The van der Waals surface area contributed by atoms with E-state index in [1.54, 1.807) is 30.5 Å². The van der Waals surface area contributed by atoms with E-state index >= 15 is 0 Å². The minimum atomic E-state index is -0.821. The fourth-order valence-corrected chi connectivity index (χ4v) is 2.43. The van der Waals surface area contributed by atoms with Crippen LogP contribution in [0.3, 0.4) is 0 Å². The molecule has 0 atom stereocenters. The predicted octanol–water partition coefficient (Wildman–Crippen LogP) is 3.50. The van der Waals surface area contributed by atoms with Crippen molar-refractivity contribution < 1.29 is 14.7 Å². The molecule has 5 nitrogen and oxygen atoms in total. The van der Waals surface area contributed by atoms with Gasteiger partial charge in [-0.3, -0.25) is 14.6 Å². The Morgan fingerprint density at radius 1 is 1.04 bits per heavy atom. The second-order valence-corrected chi connectivity index (χ2v) is 5.46. The summed E-state index contributed by atoms with van der Waals surface area (Å²) in [6.45, 7) is 0. The first-order chi connectivity index (χ1) is 11.6. The van der Waals surface area contributed by atoms with Crippen LogP contribution in [0.1, 0.15) is 22.3 Å². The molecule has 0 bridgehead atoms. The number of pyridine rings is 1. The molecule has 0 unspecified atom stereocenters. The van der Waals surface area contributed by atoms with Crippen molar-refractivity contribution in [2.45, 2.75) is 12.8 Å². The van der Waals surface area contributed by atoms with Gasteiger partial charge in [-0.15, -0.1) is 0 Å². The number of benzene rings is 2. The number of aromatic nitrogens is 1. The van der Waals surface area contributed by atoms with Crippen molar-refractivity contribution in [2.24, 2.45) is 0 Å². The van der Waals surface area contributed by atoms with Crippen molar-refractivity contribution in [3.63, 3.8) is 0 Å². The van der Waals surface area contributed by atoms with Crippen molar-refractivity contribution in [1.82, 2.24) is 4.98 Å². The number of carbonyl (C=O) groups is 2. The van der Waals surface area contributed by atoms with E-state index in [4.69, 9.17) is 5.11 Å².